The first kappa shape index (κ1) is 22.7. The second-order valence-electron chi connectivity index (χ2n) is 8.18. The first-order valence-electron chi connectivity index (χ1n) is 10.8. The summed E-state index contributed by atoms with van der Waals surface area (Å²) in [6.07, 6.45) is 3.33. The lowest BCUT2D eigenvalue weighted by atomic mass is 10.1. The zero-order valence-electron chi connectivity index (χ0n) is 18.0. The van der Waals surface area contributed by atoms with Crippen LogP contribution in [-0.2, 0) is 0 Å². The molecule has 1 aliphatic rings. The lowest BCUT2D eigenvalue weighted by molar-refractivity contribution is 0.201. The van der Waals surface area contributed by atoms with Gasteiger partial charge >= 0.3 is 5.69 Å². The van der Waals surface area contributed by atoms with Crippen LogP contribution in [0.3, 0.4) is 0 Å². The molecule has 0 saturated heterocycles. The zero-order valence-corrected chi connectivity index (χ0v) is 20.1. The van der Waals surface area contributed by atoms with Crippen molar-refractivity contribution < 1.29 is 19.3 Å². The Morgan fingerprint density at radius 2 is 1.97 bits per heavy atom. The van der Waals surface area contributed by atoms with Crippen LogP contribution in [0.4, 0.5) is 4.39 Å². The number of rotatable bonds is 8. The van der Waals surface area contributed by atoms with E-state index in [0.717, 1.165) is 16.4 Å². The molecular weight excluding hydrogens is 554 g/mol. The number of aromatic hydroxyl groups is 1. The van der Waals surface area contributed by atoms with Gasteiger partial charge in [0.05, 0.1) is 18.5 Å². The summed E-state index contributed by atoms with van der Waals surface area (Å²) in [6.45, 7) is 0.0874. The molecule has 0 spiro atoms. The van der Waals surface area contributed by atoms with Crippen molar-refractivity contribution in [2.75, 3.05) is 13.2 Å². The molecule has 1 fully saturated rings. The van der Waals surface area contributed by atoms with Crippen LogP contribution in [0.15, 0.2) is 53.5 Å². The number of aromatic amines is 2. The summed E-state index contributed by atoms with van der Waals surface area (Å²) in [5.41, 5.74) is 1.35. The summed E-state index contributed by atoms with van der Waals surface area (Å²) in [4.78, 5) is 23.3. The van der Waals surface area contributed by atoms with Crippen LogP contribution in [0.1, 0.15) is 24.7 Å². The van der Waals surface area contributed by atoms with Crippen LogP contribution >= 0.6 is 22.6 Å². The fourth-order valence-electron chi connectivity index (χ4n) is 4.08. The number of ether oxygens (including phenoxy) is 1. The number of hydrogen-bond acceptors (Lipinski definition) is 5. The maximum atomic E-state index is 14.5. The Hall–Kier alpha value is -3.12. The SMILES string of the molecule is O=c1[nH]c(-c2ccc(OCCO)cc2)c(O)n1[C@@H](c1ncc(-c2ccc(I)cc2F)[nH]1)C1CC1. The van der Waals surface area contributed by atoms with Gasteiger partial charge in [-0.3, -0.25) is 4.57 Å². The summed E-state index contributed by atoms with van der Waals surface area (Å²) < 4.78 is 22.0. The number of aliphatic hydroxyl groups is 1. The van der Waals surface area contributed by atoms with Crippen LogP contribution in [0.5, 0.6) is 11.6 Å². The zero-order chi connectivity index (χ0) is 23.8. The van der Waals surface area contributed by atoms with Crippen LogP contribution in [-0.4, -0.2) is 42.9 Å². The highest BCUT2D eigenvalue weighted by atomic mass is 127. The molecule has 1 aliphatic carbocycles. The van der Waals surface area contributed by atoms with E-state index in [-0.39, 0.29) is 30.8 Å². The van der Waals surface area contributed by atoms with Crippen LogP contribution in [0, 0.1) is 15.3 Å². The predicted molar refractivity (Wildman–Crippen MR) is 132 cm³/mol. The monoisotopic (exact) mass is 576 g/mol. The Labute approximate surface area is 207 Å². The molecule has 10 heteroatoms. The number of halogens is 2. The molecule has 2 aromatic heterocycles. The van der Waals surface area contributed by atoms with Crippen LogP contribution < -0.4 is 10.4 Å². The molecule has 176 valence electrons. The predicted octanol–water partition coefficient (Wildman–Crippen LogP) is 4.05. The van der Waals surface area contributed by atoms with Gasteiger partial charge < -0.3 is 24.9 Å². The third-order valence-corrected chi connectivity index (χ3v) is 6.52. The summed E-state index contributed by atoms with van der Waals surface area (Å²) >= 11 is 2.05. The van der Waals surface area contributed by atoms with Crippen molar-refractivity contribution >= 4 is 22.6 Å². The number of benzene rings is 2. The smallest absolute Gasteiger partial charge is 0.329 e. The van der Waals surface area contributed by atoms with Crippen LogP contribution in [0.25, 0.3) is 22.5 Å². The molecule has 1 atom stereocenters. The molecular formula is C24H22FIN4O4. The minimum Gasteiger partial charge on any atom is -0.493 e. The third kappa shape index (κ3) is 4.34. The van der Waals surface area contributed by atoms with Gasteiger partial charge in [-0.1, -0.05) is 0 Å². The number of H-pyrrole nitrogens is 2. The maximum Gasteiger partial charge on any atom is 0.329 e. The molecule has 2 heterocycles. The Morgan fingerprint density at radius 1 is 1.21 bits per heavy atom. The average molecular weight is 576 g/mol. The first-order chi connectivity index (χ1) is 16.5. The normalized spacial score (nSPS) is 14.3. The van der Waals surface area contributed by atoms with Gasteiger partial charge in [0.1, 0.15) is 35.7 Å². The quantitative estimate of drug-likeness (QED) is 0.236. The van der Waals surface area contributed by atoms with Crippen molar-refractivity contribution in [2.24, 2.45) is 5.92 Å². The van der Waals surface area contributed by atoms with Gasteiger partial charge in [-0.2, -0.15) is 0 Å². The van der Waals surface area contributed by atoms with E-state index >= 15 is 0 Å². The molecule has 1 saturated carbocycles. The second-order valence-corrected chi connectivity index (χ2v) is 9.43. The molecule has 0 unspecified atom stereocenters. The highest BCUT2D eigenvalue weighted by Crippen LogP contribution is 2.45. The number of aliphatic hydroxyl groups excluding tert-OH is 1. The van der Waals surface area contributed by atoms with Crippen LogP contribution in [0.2, 0.25) is 0 Å². The van der Waals surface area contributed by atoms with Gasteiger partial charge in [0, 0.05) is 14.7 Å². The van der Waals surface area contributed by atoms with Crippen molar-refractivity contribution in [3.05, 3.63) is 74.4 Å². The lowest BCUT2D eigenvalue weighted by Gasteiger charge is -2.16. The fourth-order valence-corrected chi connectivity index (χ4v) is 4.53. The molecule has 0 radical (unpaired) electrons. The summed E-state index contributed by atoms with van der Waals surface area (Å²) in [6, 6.07) is 11.3. The number of imidazole rings is 2. The topological polar surface area (TPSA) is 116 Å². The lowest BCUT2D eigenvalue weighted by Crippen LogP contribution is -2.25. The molecule has 0 amide bonds. The van der Waals surface area contributed by atoms with Gasteiger partial charge in [0.15, 0.2) is 0 Å². The fraction of sp³-hybridized carbons (Fsp3) is 0.250. The van der Waals surface area contributed by atoms with E-state index in [1.165, 1.54) is 10.6 Å². The average Bonchev–Trinajstić information content (AvgIpc) is 3.48. The second kappa shape index (κ2) is 9.26. The van der Waals surface area contributed by atoms with Crippen molar-refractivity contribution in [3.63, 3.8) is 0 Å². The summed E-state index contributed by atoms with van der Waals surface area (Å²) in [5, 5.41) is 19.9. The van der Waals surface area contributed by atoms with E-state index in [4.69, 9.17) is 9.84 Å². The maximum absolute atomic E-state index is 14.5. The van der Waals surface area contributed by atoms with Gasteiger partial charge in [-0.05, 0) is 83.8 Å². The van der Waals surface area contributed by atoms with Gasteiger partial charge in [-0.25, -0.2) is 14.2 Å². The van der Waals surface area contributed by atoms with E-state index in [1.807, 2.05) is 6.07 Å². The van der Waals surface area contributed by atoms with E-state index in [2.05, 4.69) is 37.5 Å². The number of aromatic nitrogens is 4. The van der Waals surface area contributed by atoms with Crippen molar-refractivity contribution in [2.45, 2.75) is 18.9 Å². The molecule has 0 bridgehead atoms. The number of hydrogen-bond donors (Lipinski definition) is 4. The number of nitrogens with zero attached hydrogens (tertiary/aromatic N) is 2. The van der Waals surface area contributed by atoms with E-state index in [0.29, 0.717) is 34.1 Å². The molecule has 4 N–H and O–H groups in total. The van der Waals surface area contributed by atoms with Gasteiger partial charge in [0.25, 0.3) is 0 Å². The molecule has 5 rings (SSSR count). The Bertz CT molecular complexity index is 1370. The molecule has 2 aromatic carbocycles. The molecule has 34 heavy (non-hydrogen) atoms. The largest absolute Gasteiger partial charge is 0.493 e. The third-order valence-electron chi connectivity index (χ3n) is 5.85. The Kier molecular flexibility index (Phi) is 6.17. The van der Waals surface area contributed by atoms with E-state index < -0.39 is 11.7 Å². The van der Waals surface area contributed by atoms with Crippen molar-refractivity contribution in [3.8, 4) is 34.1 Å². The minimum absolute atomic E-state index is 0.0913. The van der Waals surface area contributed by atoms with E-state index in [9.17, 15) is 14.3 Å². The highest BCUT2D eigenvalue weighted by Gasteiger charge is 2.38. The standard InChI is InChI=1S/C24H22FIN4O4/c25-18-11-15(26)5-8-17(18)19-12-27-22(28-19)21(14-1-2-14)30-23(32)20(29-24(30)33)13-3-6-16(7-4-13)34-10-9-31/h3-8,11-12,14,21,31-32H,1-2,9-10H2,(H,27,28)(H,29,33)/t21-/m1/s1. The van der Waals surface area contributed by atoms with Gasteiger partial charge in [-0.15, -0.1) is 0 Å². The molecule has 4 aromatic rings. The molecule has 8 nitrogen and oxygen atoms in total. The first-order valence-corrected chi connectivity index (χ1v) is 11.9. The van der Waals surface area contributed by atoms with Crippen molar-refractivity contribution in [1.29, 1.82) is 0 Å². The minimum atomic E-state index is -0.509. The summed E-state index contributed by atoms with van der Waals surface area (Å²) in [7, 11) is 0. The summed E-state index contributed by atoms with van der Waals surface area (Å²) in [5.74, 6) is 0.638. The Balaban J connectivity index is 1.49. The Morgan fingerprint density at radius 3 is 2.65 bits per heavy atom. The van der Waals surface area contributed by atoms with Crippen molar-refractivity contribution in [1.82, 2.24) is 19.5 Å². The molecule has 0 aliphatic heterocycles. The van der Waals surface area contributed by atoms with Gasteiger partial charge in [0.2, 0.25) is 5.88 Å². The highest BCUT2D eigenvalue weighted by molar-refractivity contribution is 14.1. The van der Waals surface area contributed by atoms with E-state index in [1.54, 1.807) is 36.5 Å². The number of nitrogens with one attached hydrogen (secondary N) is 2.